The average Bonchev–Trinajstić information content (AvgIpc) is 2.75. The number of carbonyl (C=O) groups is 1. The zero-order valence-electron chi connectivity index (χ0n) is 8.36. The molecule has 1 aliphatic heterocycles. The maximum absolute atomic E-state index is 11.7. The van der Waals surface area contributed by atoms with E-state index < -0.39 is 0 Å². The van der Waals surface area contributed by atoms with Crippen LogP contribution in [-0.4, -0.2) is 28.7 Å². The van der Waals surface area contributed by atoms with Crippen molar-refractivity contribution < 1.29 is 4.79 Å². The summed E-state index contributed by atoms with van der Waals surface area (Å²) >= 11 is 0. The van der Waals surface area contributed by atoms with Gasteiger partial charge in [-0.15, -0.1) is 0 Å². The first-order valence-electron chi connectivity index (χ1n) is 4.99. The molecule has 76 valence electrons. The van der Waals surface area contributed by atoms with E-state index >= 15 is 0 Å². The van der Waals surface area contributed by atoms with Gasteiger partial charge in [0.2, 0.25) is 0 Å². The van der Waals surface area contributed by atoms with E-state index in [1.54, 1.807) is 16.9 Å². The predicted octanol–water partition coefficient (Wildman–Crippen LogP) is 0.602. The molecule has 1 aromatic heterocycles. The van der Waals surface area contributed by atoms with Gasteiger partial charge in [0, 0.05) is 19.7 Å². The molecule has 1 N–H and O–H groups in total. The summed E-state index contributed by atoms with van der Waals surface area (Å²) in [7, 11) is 1.83. The monoisotopic (exact) mass is 193 g/mol. The van der Waals surface area contributed by atoms with Crippen molar-refractivity contribution >= 4 is 5.78 Å². The van der Waals surface area contributed by atoms with Crippen LogP contribution in [0.1, 0.15) is 23.3 Å². The Hall–Kier alpha value is -1.16. The Morgan fingerprint density at radius 3 is 3.21 bits per heavy atom. The third kappa shape index (κ3) is 2.01. The van der Waals surface area contributed by atoms with Crippen molar-refractivity contribution in [3.8, 4) is 0 Å². The van der Waals surface area contributed by atoms with Crippen LogP contribution in [0.3, 0.4) is 0 Å². The van der Waals surface area contributed by atoms with Crippen LogP contribution in [0.15, 0.2) is 12.3 Å². The second-order valence-corrected chi connectivity index (χ2v) is 3.86. The van der Waals surface area contributed by atoms with Gasteiger partial charge in [-0.3, -0.25) is 9.48 Å². The fourth-order valence-electron chi connectivity index (χ4n) is 1.82. The van der Waals surface area contributed by atoms with Crippen LogP contribution < -0.4 is 5.32 Å². The first-order chi connectivity index (χ1) is 6.75. The van der Waals surface area contributed by atoms with Gasteiger partial charge in [0.05, 0.1) is 0 Å². The van der Waals surface area contributed by atoms with Crippen LogP contribution in [-0.2, 0) is 7.05 Å². The van der Waals surface area contributed by atoms with Gasteiger partial charge >= 0.3 is 0 Å². The molecule has 1 fully saturated rings. The number of nitrogens with one attached hydrogen (secondary N) is 1. The van der Waals surface area contributed by atoms with E-state index in [9.17, 15) is 4.79 Å². The molecule has 0 bridgehead atoms. The SMILES string of the molecule is Cn1ccc(C(=O)CC2CCNC2)n1. The summed E-state index contributed by atoms with van der Waals surface area (Å²) in [6, 6.07) is 1.78. The van der Waals surface area contributed by atoms with E-state index in [0.29, 0.717) is 18.0 Å². The highest BCUT2D eigenvalue weighted by molar-refractivity contribution is 5.94. The molecule has 0 aromatic carbocycles. The maximum atomic E-state index is 11.7. The Morgan fingerprint density at radius 2 is 2.64 bits per heavy atom. The number of Topliss-reactive ketones (excluding diaryl/α,β-unsaturated/α-hetero) is 1. The predicted molar refractivity (Wildman–Crippen MR) is 53.1 cm³/mol. The van der Waals surface area contributed by atoms with Crippen LogP contribution >= 0.6 is 0 Å². The van der Waals surface area contributed by atoms with E-state index in [-0.39, 0.29) is 5.78 Å². The Balaban J connectivity index is 1.95. The van der Waals surface area contributed by atoms with Gasteiger partial charge < -0.3 is 5.32 Å². The first-order valence-corrected chi connectivity index (χ1v) is 4.99. The van der Waals surface area contributed by atoms with E-state index in [1.165, 1.54) is 0 Å². The van der Waals surface area contributed by atoms with Crippen LogP contribution in [0.25, 0.3) is 0 Å². The summed E-state index contributed by atoms with van der Waals surface area (Å²) in [6.07, 6.45) is 3.54. The van der Waals surface area contributed by atoms with E-state index in [0.717, 1.165) is 19.5 Å². The van der Waals surface area contributed by atoms with Gasteiger partial charge in [0.15, 0.2) is 5.78 Å². The number of aryl methyl sites for hydroxylation is 1. The molecule has 1 aromatic rings. The fourth-order valence-corrected chi connectivity index (χ4v) is 1.82. The lowest BCUT2D eigenvalue weighted by Crippen LogP contribution is -2.13. The summed E-state index contributed by atoms with van der Waals surface area (Å²) in [5.74, 6) is 0.670. The molecule has 0 radical (unpaired) electrons. The lowest BCUT2D eigenvalue weighted by Gasteiger charge is -2.04. The summed E-state index contributed by atoms with van der Waals surface area (Å²) < 4.78 is 1.67. The van der Waals surface area contributed by atoms with Crippen molar-refractivity contribution in [2.24, 2.45) is 13.0 Å². The highest BCUT2D eigenvalue weighted by Crippen LogP contribution is 2.14. The third-order valence-electron chi connectivity index (χ3n) is 2.64. The van der Waals surface area contributed by atoms with Crippen LogP contribution in [0.5, 0.6) is 0 Å². The molecule has 1 aliphatic rings. The van der Waals surface area contributed by atoms with Gasteiger partial charge in [0.25, 0.3) is 0 Å². The van der Waals surface area contributed by atoms with Gasteiger partial charge in [-0.1, -0.05) is 0 Å². The number of hydrogen-bond acceptors (Lipinski definition) is 3. The zero-order valence-corrected chi connectivity index (χ0v) is 8.36. The number of nitrogens with zero attached hydrogens (tertiary/aromatic N) is 2. The molecule has 14 heavy (non-hydrogen) atoms. The van der Waals surface area contributed by atoms with E-state index in [2.05, 4.69) is 10.4 Å². The molecule has 0 amide bonds. The Kier molecular flexibility index (Phi) is 2.63. The Morgan fingerprint density at radius 1 is 1.79 bits per heavy atom. The second-order valence-electron chi connectivity index (χ2n) is 3.86. The van der Waals surface area contributed by atoms with Crippen molar-refractivity contribution in [1.29, 1.82) is 0 Å². The van der Waals surface area contributed by atoms with Crippen molar-refractivity contribution in [3.05, 3.63) is 18.0 Å². The zero-order chi connectivity index (χ0) is 9.97. The van der Waals surface area contributed by atoms with Crippen LogP contribution in [0, 0.1) is 5.92 Å². The molecular weight excluding hydrogens is 178 g/mol. The van der Waals surface area contributed by atoms with Crippen LogP contribution in [0.4, 0.5) is 0 Å². The summed E-state index contributed by atoms with van der Waals surface area (Å²) in [5.41, 5.74) is 0.597. The largest absolute Gasteiger partial charge is 0.316 e. The molecule has 4 nitrogen and oxygen atoms in total. The molecule has 1 saturated heterocycles. The minimum atomic E-state index is 0.166. The lowest BCUT2D eigenvalue weighted by atomic mass is 10.0. The minimum Gasteiger partial charge on any atom is -0.316 e. The average molecular weight is 193 g/mol. The highest BCUT2D eigenvalue weighted by atomic mass is 16.1. The molecule has 0 spiro atoms. The van der Waals surface area contributed by atoms with E-state index in [4.69, 9.17) is 0 Å². The summed E-state index contributed by atoms with van der Waals surface area (Å²) in [5, 5.41) is 7.36. The maximum Gasteiger partial charge on any atom is 0.183 e. The van der Waals surface area contributed by atoms with Crippen molar-refractivity contribution in [1.82, 2.24) is 15.1 Å². The topological polar surface area (TPSA) is 46.9 Å². The highest BCUT2D eigenvalue weighted by Gasteiger charge is 2.19. The Labute approximate surface area is 83.3 Å². The molecule has 2 heterocycles. The van der Waals surface area contributed by atoms with Crippen molar-refractivity contribution in [2.45, 2.75) is 12.8 Å². The summed E-state index contributed by atoms with van der Waals surface area (Å²) in [4.78, 5) is 11.7. The lowest BCUT2D eigenvalue weighted by molar-refractivity contribution is 0.0959. The third-order valence-corrected chi connectivity index (χ3v) is 2.64. The first kappa shape index (κ1) is 9.40. The molecular formula is C10H15N3O. The normalized spacial score (nSPS) is 21.4. The molecule has 0 saturated carbocycles. The molecule has 0 aliphatic carbocycles. The van der Waals surface area contributed by atoms with E-state index in [1.807, 2.05) is 7.05 Å². The number of rotatable bonds is 3. The number of hydrogen-bond donors (Lipinski definition) is 1. The minimum absolute atomic E-state index is 0.166. The van der Waals surface area contributed by atoms with Gasteiger partial charge in [-0.2, -0.15) is 5.10 Å². The molecule has 1 atom stereocenters. The van der Waals surface area contributed by atoms with Crippen molar-refractivity contribution in [2.75, 3.05) is 13.1 Å². The number of carbonyl (C=O) groups excluding carboxylic acids is 1. The standard InChI is InChI=1S/C10H15N3O/c1-13-5-3-9(12-13)10(14)6-8-2-4-11-7-8/h3,5,8,11H,2,4,6-7H2,1H3. The fraction of sp³-hybridized carbons (Fsp3) is 0.600. The smallest absolute Gasteiger partial charge is 0.183 e. The number of ketones is 1. The number of aromatic nitrogens is 2. The van der Waals surface area contributed by atoms with Crippen LogP contribution in [0.2, 0.25) is 0 Å². The van der Waals surface area contributed by atoms with Crippen molar-refractivity contribution in [3.63, 3.8) is 0 Å². The van der Waals surface area contributed by atoms with Gasteiger partial charge in [-0.25, -0.2) is 0 Å². The summed E-state index contributed by atoms with van der Waals surface area (Å²) in [6.45, 7) is 2.01. The quantitative estimate of drug-likeness (QED) is 0.715. The Bertz CT molecular complexity index is 326. The molecule has 1 unspecified atom stereocenters. The van der Waals surface area contributed by atoms with Gasteiger partial charge in [0.1, 0.15) is 5.69 Å². The molecule has 4 heteroatoms. The second kappa shape index (κ2) is 3.92. The van der Waals surface area contributed by atoms with Gasteiger partial charge in [-0.05, 0) is 31.5 Å². The molecule has 2 rings (SSSR count).